The van der Waals surface area contributed by atoms with Gasteiger partial charge < -0.3 is 10.5 Å². The molecule has 0 bridgehead atoms. The summed E-state index contributed by atoms with van der Waals surface area (Å²) in [6, 6.07) is 14.5. The van der Waals surface area contributed by atoms with Crippen LogP contribution in [0.5, 0.6) is 5.75 Å². The fourth-order valence-corrected chi connectivity index (χ4v) is 4.86. The molecule has 35 heavy (non-hydrogen) atoms. The Morgan fingerprint density at radius 1 is 0.914 bits per heavy atom. The second-order valence-corrected chi connectivity index (χ2v) is 8.52. The molecule has 5 rings (SSSR count). The summed E-state index contributed by atoms with van der Waals surface area (Å²) < 4.78 is 5.62. The minimum Gasteiger partial charge on any atom is -0.496 e. The first-order valence-corrected chi connectivity index (χ1v) is 11.3. The van der Waals surface area contributed by atoms with E-state index in [1.54, 1.807) is 25.7 Å². The predicted molar refractivity (Wildman–Crippen MR) is 137 cm³/mol. The molecule has 6 heteroatoms. The molecule has 0 fully saturated rings. The second-order valence-electron chi connectivity index (χ2n) is 8.52. The van der Waals surface area contributed by atoms with E-state index >= 15 is 0 Å². The average Bonchev–Trinajstić information content (AvgIpc) is 3.18. The maximum atomic E-state index is 6.43. The lowest BCUT2D eigenvalue weighted by Crippen LogP contribution is -2.27. The van der Waals surface area contributed by atoms with Gasteiger partial charge in [0.1, 0.15) is 23.0 Å². The Kier molecular flexibility index (Phi) is 5.54. The van der Waals surface area contributed by atoms with Crippen molar-refractivity contribution in [2.75, 3.05) is 7.11 Å². The van der Waals surface area contributed by atoms with Crippen molar-refractivity contribution < 1.29 is 4.74 Å². The van der Waals surface area contributed by atoms with E-state index in [2.05, 4.69) is 52.1 Å². The van der Waals surface area contributed by atoms with Crippen molar-refractivity contribution in [1.82, 2.24) is 15.0 Å². The number of nitrogens with zero attached hydrogens (tertiary/aromatic N) is 4. The molecule has 0 saturated carbocycles. The quantitative estimate of drug-likeness (QED) is 0.453. The van der Waals surface area contributed by atoms with Crippen molar-refractivity contribution in [1.29, 1.82) is 0 Å². The van der Waals surface area contributed by atoms with Gasteiger partial charge in [-0.2, -0.15) is 0 Å². The Morgan fingerprint density at radius 2 is 1.69 bits per heavy atom. The largest absolute Gasteiger partial charge is 0.496 e. The summed E-state index contributed by atoms with van der Waals surface area (Å²) in [4.78, 5) is 18.7. The van der Waals surface area contributed by atoms with Crippen molar-refractivity contribution in [3.05, 3.63) is 106 Å². The molecule has 1 aliphatic rings. The van der Waals surface area contributed by atoms with Gasteiger partial charge in [0, 0.05) is 35.9 Å². The Morgan fingerprint density at radius 3 is 2.43 bits per heavy atom. The zero-order valence-electron chi connectivity index (χ0n) is 20.1. The number of hydrogen-bond donors (Lipinski definition) is 1. The minimum absolute atomic E-state index is 0.367. The molecule has 3 heterocycles. The molecule has 2 N–H and O–H groups in total. The van der Waals surface area contributed by atoms with Crippen LogP contribution in [0.1, 0.15) is 46.1 Å². The second kappa shape index (κ2) is 8.69. The van der Waals surface area contributed by atoms with Crippen molar-refractivity contribution in [2.45, 2.75) is 26.3 Å². The molecular formula is C29H25N5O. The highest BCUT2D eigenvalue weighted by molar-refractivity contribution is 6.01. The lowest BCUT2D eigenvalue weighted by Gasteiger charge is -2.29. The van der Waals surface area contributed by atoms with Crippen molar-refractivity contribution >= 4 is 5.84 Å². The molecule has 172 valence electrons. The summed E-state index contributed by atoms with van der Waals surface area (Å²) in [5.74, 6) is 7.24. The lowest BCUT2D eigenvalue weighted by molar-refractivity contribution is 0.408. The van der Waals surface area contributed by atoms with E-state index in [0.717, 1.165) is 44.7 Å². The van der Waals surface area contributed by atoms with Gasteiger partial charge in [0.15, 0.2) is 5.54 Å². The van der Waals surface area contributed by atoms with Crippen LogP contribution in [-0.2, 0) is 5.54 Å². The number of pyridine rings is 1. The van der Waals surface area contributed by atoms with Gasteiger partial charge in [0.2, 0.25) is 0 Å². The van der Waals surface area contributed by atoms with Gasteiger partial charge in [0.25, 0.3) is 0 Å². The molecule has 2 aromatic heterocycles. The molecule has 2 aromatic carbocycles. The number of methoxy groups -OCH3 is 1. The van der Waals surface area contributed by atoms with E-state index in [-0.39, 0.29) is 0 Å². The van der Waals surface area contributed by atoms with Crippen LogP contribution in [0.3, 0.4) is 0 Å². The van der Waals surface area contributed by atoms with E-state index in [4.69, 9.17) is 20.4 Å². The summed E-state index contributed by atoms with van der Waals surface area (Å²) in [5, 5.41) is 0. The van der Waals surface area contributed by atoms with Gasteiger partial charge in [-0.15, -0.1) is 5.92 Å². The van der Waals surface area contributed by atoms with Crippen molar-refractivity contribution in [3.8, 4) is 28.7 Å². The summed E-state index contributed by atoms with van der Waals surface area (Å²) in [6.45, 7) is 5.88. The highest BCUT2D eigenvalue weighted by Crippen LogP contribution is 2.46. The Bertz CT molecular complexity index is 1520. The first kappa shape index (κ1) is 22.3. The predicted octanol–water partition coefficient (Wildman–Crippen LogP) is 4.55. The molecule has 0 aliphatic carbocycles. The highest BCUT2D eigenvalue weighted by Gasteiger charge is 2.45. The molecule has 1 aliphatic heterocycles. The summed E-state index contributed by atoms with van der Waals surface area (Å²) in [7, 11) is 1.69. The van der Waals surface area contributed by atoms with Crippen LogP contribution in [-0.4, -0.2) is 27.9 Å². The fraction of sp³-hybridized carbons (Fsp3) is 0.172. The lowest BCUT2D eigenvalue weighted by atomic mass is 9.79. The van der Waals surface area contributed by atoms with Crippen LogP contribution in [0, 0.1) is 25.7 Å². The maximum absolute atomic E-state index is 6.43. The van der Waals surface area contributed by atoms with Crippen LogP contribution in [0.4, 0.5) is 0 Å². The maximum Gasteiger partial charge on any atom is 0.157 e. The Balaban J connectivity index is 1.78. The summed E-state index contributed by atoms with van der Waals surface area (Å²) >= 11 is 0. The van der Waals surface area contributed by atoms with E-state index in [1.807, 2.05) is 39.1 Å². The molecule has 1 atom stereocenters. The molecule has 0 spiro atoms. The molecule has 0 radical (unpaired) electrons. The molecular weight excluding hydrogens is 434 g/mol. The number of benzene rings is 2. The van der Waals surface area contributed by atoms with Crippen LogP contribution < -0.4 is 10.5 Å². The van der Waals surface area contributed by atoms with E-state index in [0.29, 0.717) is 17.2 Å². The zero-order valence-corrected chi connectivity index (χ0v) is 20.1. The van der Waals surface area contributed by atoms with Gasteiger partial charge in [-0.3, -0.25) is 9.97 Å². The zero-order chi connectivity index (χ0) is 24.6. The van der Waals surface area contributed by atoms with Crippen LogP contribution in [0.2, 0.25) is 0 Å². The number of fused-ring (bicyclic) bond motifs is 1. The number of aliphatic imine (C=N–C) groups is 1. The fourth-order valence-electron chi connectivity index (χ4n) is 4.86. The Hall–Kier alpha value is -4.50. The van der Waals surface area contributed by atoms with Gasteiger partial charge in [0.05, 0.1) is 7.11 Å². The number of aromatic nitrogens is 3. The molecule has 6 nitrogen and oxygen atoms in total. The number of amidine groups is 1. The van der Waals surface area contributed by atoms with E-state index in [1.165, 1.54) is 0 Å². The van der Waals surface area contributed by atoms with Gasteiger partial charge in [-0.1, -0.05) is 24.1 Å². The smallest absolute Gasteiger partial charge is 0.157 e. The Labute approximate surface area is 205 Å². The number of hydrogen-bond acceptors (Lipinski definition) is 6. The van der Waals surface area contributed by atoms with Crippen molar-refractivity contribution in [2.24, 2.45) is 10.7 Å². The van der Waals surface area contributed by atoms with E-state index < -0.39 is 5.54 Å². The molecule has 0 saturated heterocycles. The normalized spacial score (nSPS) is 16.2. The van der Waals surface area contributed by atoms with Crippen LogP contribution in [0.15, 0.2) is 72.2 Å². The van der Waals surface area contributed by atoms with Crippen LogP contribution >= 0.6 is 0 Å². The van der Waals surface area contributed by atoms with Gasteiger partial charge in [-0.05, 0) is 72.9 Å². The van der Waals surface area contributed by atoms with Gasteiger partial charge in [-0.25, -0.2) is 9.98 Å². The summed E-state index contributed by atoms with van der Waals surface area (Å²) in [6.07, 6.45) is 6.94. The third kappa shape index (κ3) is 3.62. The molecule has 4 aromatic rings. The summed E-state index contributed by atoms with van der Waals surface area (Å²) in [5.41, 5.74) is 13.6. The molecule has 0 amide bonds. The average molecular weight is 460 g/mol. The number of rotatable bonds is 4. The van der Waals surface area contributed by atoms with Crippen LogP contribution in [0.25, 0.3) is 11.1 Å². The third-order valence-corrected chi connectivity index (χ3v) is 6.28. The third-order valence-electron chi connectivity index (χ3n) is 6.28. The number of aryl methyl sites for hydroxylation is 2. The minimum atomic E-state index is -0.945. The first-order chi connectivity index (χ1) is 17.0. The first-order valence-electron chi connectivity index (χ1n) is 11.3. The topological polar surface area (TPSA) is 86.3 Å². The molecule has 0 unspecified atom stereocenters. The standard InChI is InChI=1S/C29H25N5O/c1-5-7-20-14-22(17-31-16-20)21-8-6-9-23(15-21)29(24-12-18(2)26(35-4)19(3)13-24)27-25(28(30)34-29)32-10-11-33-27/h6,8-17H,1-4H3,(H2,30,34)/t29-/m0/s1. The number of ether oxygens (including phenoxy) is 1. The van der Waals surface area contributed by atoms with Gasteiger partial charge >= 0.3 is 0 Å². The van der Waals surface area contributed by atoms with Crippen molar-refractivity contribution in [3.63, 3.8) is 0 Å². The monoisotopic (exact) mass is 459 g/mol. The van der Waals surface area contributed by atoms with E-state index in [9.17, 15) is 0 Å². The SMILES string of the molecule is CC#Cc1cncc(-c2cccc([C@@]3(c4cc(C)c(OC)c(C)c4)N=C(N)c4nccnc43)c2)c1. The number of nitrogens with two attached hydrogens (primary N) is 1. The highest BCUT2D eigenvalue weighted by atomic mass is 16.5.